The number of aryl methyl sites for hydroxylation is 1. The Morgan fingerprint density at radius 2 is 2.12 bits per heavy atom. The molecule has 1 saturated heterocycles. The van der Waals surface area contributed by atoms with Crippen LogP contribution in [0.15, 0.2) is 51.9 Å². The second-order valence-corrected chi connectivity index (χ2v) is 6.12. The van der Waals surface area contributed by atoms with Gasteiger partial charge >= 0.3 is 0 Å². The summed E-state index contributed by atoms with van der Waals surface area (Å²) in [6.45, 7) is 2.48. The molecule has 0 unspecified atom stereocenters. The molecule has 0 spiro atoms. The summed E-state index contributed by atoms with van der Waals surface area (Å²) < 4.78 is 5.23. The van der Waals surface area contributed by atoms with Gasteiger partial charge in [-0.1, -0.05) is 17.3 Å². The Morgan fingerprint density at radius 3 is 2.92 bits per heavy atom. The first-order chi connectivity index (χ1) is 12.1. The molecule has 0 radical (unpaired) electrons. The Kier molecular flexibility index (Phi) is 3.68. The zero-order valence-electron chi connectivity index (χ0n) is 13.6. The van der Waals surface area contributed by atoms with Gasteiger partial charge in [-0.25, -0.2) is 0 Å². The molecule has 1 atom stereocenters. The number of H-pyrrole nitrogens is 1. The van der Waals surface area contributed by atoms with E-state index in [0.29, 0.717) is 24.4 Å². The van der Waals surface area contributed by atoms with Crippen molar-refractivity contribution >= 4 is 11.6 Å². The Labute approximate surface area is 143 Å². The molecule has 4 rings (SSSR count). The van der Waals surface area contributed by atoms with Crippen molar-refractivity contribution in [3.8, 4) is 11.5 Å². The number of anilines is 1. The number of rotatable bonds is 3. The van der Waals surface area contributed by atoms with Crippen molar-refractivity contribution in [2.75, 3.05) is 11.4 Å². The Balaban J connectivity index is 1.59. The predicted molar refractivity (Wildman–Crippen MR) is 91.2 cm³/mol. The van der Waals surface area contributed by atoms with E-state index in [1.165, 1.54) is 0 Å². The number of nitrogens with one attached hydrogen (secondary N) is 1. The lowest BCUT2D eigenvalue weighted by atomic mass is 10.1. The van der Waals surface area contributed by atoms with Crippen molar-refractivity contribution < 1.29 is 9.32 Å². The third-order valence-electron chi connectivity index (χ3n) is 4.29. The number of hydrogen-bond donors (Lipinski definition) is 1. The van der Waals surface area contributed by atoms with Gasteiger partial charge in [0.25, 0.3) is 11.4 Å². The van der Waals surface area contributed by atoms with Crippen molar-refractivity contribution in [1.29, 1.82) is 0 Å². The zero-order valence-corrected chi connectivity index (χ0v) is 13.6. The lowest BCUT2D eigenvalue weighted by Crippen LogP contribution is -2.24. The van der Waals surface area contributed by atoms with Crippen LogP contribution in [0.4, 0.5) is 5.69 Å². The van der Waals surface area contributed by atoms with Crippen LogP contribution in [-0.2, 0) is 4.79 Å². The van der Waals surface area contributed by atoms with E-state index in [1.54, 1.807) is 23.2 Å². The number of hydrogen-bond acceptors (Lipinski definition) is 5. The molecule has 1 aliphatic rings. The summed E-state index contributed by atoms with van der Waals surface area (Å²) in [7, 11) is 0. The first-order valence-electron chi connectivity index (χ1n) is 8.00. The van der Waals surface area contributed by atoms with Crippen LogP contribution in [0, 0.1) is 6.92 Å². The van der Waals surface area contributed by atoms with E-state index in [0.717, 1.165) is 11.3 Å². The summed E-state index contributed by atoms with van der Waals surface area (Å²) in [6.07, 6.45) is 1.86. The number of benzene rings is 1. The second-order valence-electron chi connectivity index (χ2n) is 6.12. The molecule has 126 valence electrons. The van der Waals surface area contributed by atoms with E-state index in [4.69, 9.17) is 4.52 Å². The smallest absolute Gasteiger partial charge is 0.263 e. The van der Waals surface area contributed by atoms with Crippen LogP contribution < -0.4 is 10.5 Å². The van der Waals surface area contributed by atoms with E-state index >= 15 is 0 Å². The third kappa shape index (κ3) is 2.84. The maximum Gasteiger partial charge on any atom is 0.263 e. The third-order valence-corrected chi connectivity index (χ3v) is 4.29. The molecule has 1 aromatic carbocycles. The standard InChI is InChI=1S/C18H16N4O3/c1-11-4-2-5-13(8-11)22-10-12(9-15(22)23)16-20-18(25-21-16)14-6-3-7-19-17(14)24/h2-8,12H,9-10H2,1H3,(H,19,24)/t12-/m1/s1. The molecule has 7 heteroatoms. The van der Waals surface area contributed by atoms with Gasteiger partial charge < -0.3 is 14.4 Å². The predicted octanol–water partition coefficient (Wildman–Crippen LogP) is 2.25. The average molecular weight is 336 g/mol. The van der Waals surface area contributed by atoms with E-state index in [9.17, 15) is 9.59 Å². The molecular formula is C18H16N4O3. The lowest BCUT2D eigenvalue weighted by molar-refractivity contribution is -0.117. The van der Waals surface area contributed by atoms with Gasteiger partial charge in [0.15, 0.2) is 5.82 Å². The first kappa shape index (κ1) is 15.3. The molecule has 0 saturated carbocycles. The van der Waals surface area contributed by atoms with Crippen molar-refractivity contribution in [2.24, 2.45) is 0 Å². The molecule has 25 heavy (non-hydrogen) atoms. The van der Waals surface area contributed by atoms with Crippen LogP contribution >= 0.6 is 0 Å². The van der Waals surface area contributed by atoms with Crippen LogP contribution in [0.1, 0.15) is 23.7 Å². The highest BCUT2D eigenvalue weighted by Gasteiger charge is 2.34. The summed E-state index contributed by atoms with van der Waals surface area (Å²) >= 11 is 0. The minimum atomic E-state index is -0.290. The topological polar surface area (TPSA) is 92.1 Å². The fourth-order valence-corrected chi connectivity index (χ4v) is 3.03. The van der Waals surface area contributed by atoms with Gasteiger partial charge in [-0.15, -0.1) is 0 Å². The Hall–Kier alpha value is -3.22. The summed E-state index contributed by atoms with van der Waals surface area (Å²) in [5, 5.41) is 3.98. The van der Waals surface area contributed by atoms with Gasteiger partial charge in [0.1, 0.15) is 5.56 Å². The van der Waals surface area contributed by atoms with Crippen LogP contribution in [0.3, 0.4) is 0 Å². The van der Waals surface area contributed by atoms with Crippen molar-refractivity contribution in [1.82, 2.24) is 15.1 Å². The maximum absolute atomic E-state index is 12.4. The van der Waals surface area contributed by atoms with Crippen LogP contribution in [-0.4, -0.2) is 27.6 Å². The zero-order chi connectivity index (χ0) is 17.4. The van der Waals surface area contributed by atoms with E-state index < -0.39 is 0 Å². The SMILES string of the molecule is Cc1cccc(N2C[C@H](c3noc(-c4ccc[nH]c4=O)n3)CC2=O)c1. The summed E-state index contributed by atoms with van der Waals surface area (Å²) in [6, 6.07) is 11.1. The second kappa shape index (κ2) is 6.01. The highest BCUT2D eigenvalue weighted by molar-refractivity contribution is 5.96. The van der Waals surface area contributed by atoms with Crippen LogP contribution in [0.5, 0.6) is 0 Å². The molecule has 1 fully saturated rings. The molecule has 7 nitrogen and oxygen atoms in total. The molecule has 2 aromatic heterocycles. The number of carbonyl (C=O) groups is 1. The van der Waals surface area contributed by atoms with Gasteiger partial charge in [-0.05, 0) is 36.8 Å². The highest BCUT2D eigenvalue weighted by atomic mass is 16.5. The van der Waals surface area contributed by atoms with Crippen molar-refractivity contribution in [3.05, 3.63) is 64.3 Å². The van der Waals surface area contributed by atoms with Gasteiger partial charge in [-0.2, -0.15) is 4.98 Å². The fourth-order valence-electron chi connectivity index (χ4n) is 3.03. The quantitative estimate of drug-likeness (QED) is 0.792. The van der Waals surface area contributed by atoms with E-state index in [1.807, 2.05) is 31.2 Å². The number of aromatic nitrogens is 3. The monoisotopic (exact) mass is 336 g/mol. The normalized spacial score (nSPS) is 17.2. The van der Waals surface area contributed by atoms with Crippen LogP contribution in [0.25, 0.3) is 11.5 Å². The molecule has 3 heterocycles. The van der Waals surface area contributed by atoms with Crippen molar-refractivity contribution in [3.63, 3.8) is 0 Å². The molecule has 0 bridgehead atoms. The minimum absolute atomic E-state index is 0.0273. The van der Waals surface area contributed by atoms with E-state index in [2.05, 4.69) is 15.1 Å². The largest absolute Gasteiger partial charge is 0.334 e. The number of nitrogens with zero attached hydrogens (tertiary/aromatic N) is 3. The average Bonchev–Trinajstić information content (AvgIpc) is 3.22. The molecule has 0 aliphatic carbocycles. The summed E-state index contributed by atoms with van der Waals surface area (Å²) in [4.78, 5) is 32.8. The summed E-state index contributed by atoms with van der Waals surface area (Å²) in [5.74, 6) is 0.480. The number of pyridine rings is 1. The Morgan fingerprint density at radius 1 is 1.24 bits per heavy atom. The number of amides is 1. The van der Waals surface area contributed by atoms with Gasteiger partial charge in [0, 0.05) is 30.8 Å². The Bertz CT molecular complexity index is 991. The molecule has 3 aromatic rings. The fraction of sp³-hybridized carbons (Fsp3) is 0.222. The molecule has 1 amide bonds. The first-order valence-corrected chi connectivity index (χ1v) is 8.00. The lowest BCUT2D eigenvalue weighted by Gasteiger charge is -2.16. The number of aromatic amines is 1. The minimum Gasteiger partial charge on any atom is -0.334 e. The van der Waals surface area contributed by atoms with Crippen LogP contribution in [0.2, 0.25) is 0 Å². The molecule has 1 aliphatic heterocycles. The highest BCUT2D eigenvalue weighted by Crippen LogP contribution is 2.31. The maximum atomic E-state index is 12.4. The van der Waals surface area contributed by atoms with Gasteiger partial charge in [0.2, 0.25) is 5.91 Å². The van der Waals surface area contributed by atoms with Crippen molar-refractivity contribution in [2.45, 2.75) is 19.3 Å². The molecular weight excluding hydrogens is 320 g/mol. The van der Waals surface area contributed by atoms with Gasteiger partial charge in [0.05, 0.1) is 0 Å². The summed E-state index contributed by atoms with van der Waals surface area (Å²) in [5.41, 5.74) is 2.00. The molecule has 1 N–H and O–H groups in total. The van der Waals surface area contributed by atoms with Gasteiger partial charge in [-0.3, -0.25) is 9.59 Å². The van der Waals surface area contributed by atoms with E-state index in [-0.39, 0.29) is 23.3 Å². The number of carbonyl (C=O) groups excluding carboxylic acids is 1.